The van der Waals surface area contributed by atoms with Gasteiger partial charge in [-0.1, -0.05) is 6.92 Å². The van der Waals surface area contributed by atoms with E-state index >= 15 is 0 Å². The first-order valence-corrected chi connectivity index (χ1v) is 6.26. The average Bonchev–Trinajstić information content (AvgIpc) is 2.61. The van der Waals surface area contributed by atoms with Crippen LogP contribution in [0.3, 0.4) is 0 Å². The maximum absolute atomic E-state index is 6.01. The molecule has 88 valence electrons. The maximum atomic E-state index is 6.01. The van der Waals surface area contributed by atoms with Crippen molar-refractivity contribution in [1.29, 1.82) is 0 Å². The molecule has 3 unspecified atom stereocenters. The molecule has 3 nitrogen and oxygen atoms in total. The summed E-state index contributed by atoms with van der Waals surface area (Å²) in [6, 6.07) is 0. The van der Waals surface area contributed by atoms with E-state index in [0.717, 1.165) is 25.5 Å². The van der Waals surface area contributed by atoms with Crippen molar-refractivity contribution in [1.82, 2.24) is 4.90 Å². The predicted octanol–water partition coefficient (Wildman–Crippen LogP) is 1.22. The summed E-state index contributed by atoms with van der Waals surface area (Å²) in [5.41, 5.74) is 6.15. The van der Waals surface area contributed by atoms with Gasteiger partial charge < -0.3 is 10.5 Å². The maximum Gasteiger partial charge on any atom is 0.0743 e. The number of nitrogens with zero attached hydrogens (tertiary/aromatic N) is 1. The fourth-order valence-electron chi connectivity index (χ4n) is 3.18. The summed E-state index contributed by atoms with van der Waals surface area (Å²) in [7, 11) is 0. The number of hydrogen-bond donors (Lipinski definition) is 1. The molecule has 2 aliphatic rings. The number of ether oxygens (including phenoxy) is 1. The minimum absolute atomic E-state index is 0.134. The zero-order valence-electron chi connectivity index (χ0n) is 10.0. The fraction of sp³-hybridized carbons (Fsp3) is 1.00. The van der Waals surface area contributed by atoms with Crippen LogP contribution in [0.1, 0.15) is 33.1 Å². The summed E-state index contributed by atoms with van der Waals surface area (Å²) in [4.78, 5) is 2.60. The molecule has 2 fully saturated rings. The number of rotatable bonds is 2. The van der Waals surface area contributed by atoms with Gasteiger partial charge >= 0.3 is 0 Å². The van der Waals surface area contributed by atoms with Gasteiger partial charge in [0, 0.05) is 19.7 Å². The molecule has 0 aromatic rings. The van der Waals surface area contributed by atoms with E-state index in [9.17, 15) is 0 Å². The van der Waals surface area contributed by atoms with Crippen molar-refractivity contribution >= 4 is 0 Å². The summed E-state index contributed by atoms with van der Waals surface area (Å²) < 4.78 is 5.73. The molecular weight excluding hydrogens is 188 g/mol. The smallest absolute Gasteiger partial charge is 0.0743 e. The van der Waals surface area contributed by atoms with Crippen molar-refractivity contribution in [3.05, 3.63) is 0 Å². The van der Waals surface area contributed by atoms with E-state index in [1.165, 1.54) is 25.9 Å². The minimum Gasteiger partial charge on any atom is -0.376 e. The molecule has 0 spiro atoms. The third kappa shape index (κ3) is 1.93. The second-order valence-corrected chi connectivity index (χ2v) is 5.26. The van der Waals surface area contributed by atoms with Gasteiger partial charge in [-0.2, -0.15) is 0 Å². The molecule has 2 N–H and O–H groups in total. The van der Waals surface area contributed by atoms with Crippen LogP contribution in [0.25, 0.3) is 0 Å². The standard InChI is InChI=1S/C12H24N2O/c1-10-4-3-6-14(8-10)12(9-13)5-7-15-11(12)2/h10-11H,3-9,13H2,1-2H3. The van der Waals surface area contributed by atoms with Gasteiger partial charge in [0.25, 0.3) is 0 Å². The molecule has 3 heteroatoms. The van der Waals surface area contributed by atoms with Crippen LogP contribution in [0.2, 0.25) is 0 Å². The van der Waals surface area contributed by atoms with E-state index in [1.807, 2.05) is 0 Å². The van der Waals surface area contributed by atoms with Gasteiger partial charge in [0.05, 0.1) is 11.6 Å². The Kier molecular flexibility index (Phi) is 3.33. The van der Waals surface area contributed by atoms with Crippen LogP contribution >= 0.6 is 0 Å². The van der Waals surface area contributed by atoms with Crippen LogP contribution < -0.4 is 5.73 Å². The molecule has 0 amide bonds. The lowest BCUT2D eigenvalue weighted by Gasteiger charge is -2.46. The Labute approximate surface area is 93.0 Å². The van der Waals surface area contributed by atoms with Crippen molar-refractivity contribution in [3.63, 3.8) is 0 Å². The zero-order valence-corrected chi connectivity index (χ0v) is 10.0. The van der Waals surface area contributed by atoms with Crippen molar-refractivity contribution in [3.8, 4) is 0 Å². The van der Waals surface area contributed by atoms with Crippen LogP contribution in [0.5, 0.6) is 0 Å². The molecular formula is C12H24N2O. The highest BCUT2D eigenvalue weighted by Crippen LogP contribution is 2.34. The molecule has 0 aliphatic carbocycles. The lowest BCUT2D eigenvalue weighted by atomic mass is 9.86. The normalized spacial score (nSPS) is 43.4. The Morgan fingerprint density at radius 3 is 2.80 bits per heavy atom. The first-order chi connectivity index (χ1) is 7.19. The summed E-state index contributed by atoms with van der Waals surface area (Å²) >= 11 is 0. The average molecular weight is 212 g/mol. The van der Waals surface area contributed by atoms with E-state index in [1.54, 1.807) is 0 Å². The van der Waals surface area contributed by atoms with Crippen LogP contribution in [0, 0.1) is 5.92 Å². The van der Waals surface area contributed by atoms with Crippen molar-refractivity contribution in [2.75, 3.05) is 26.2 Å². The van der Waals surface area contributed by atoms with Gasteiger partial charge in [0.2, 0.25) is 0 Å². The second-order valence-electron chi connectivity index (χ2n) is 5.26. The van der Waals surface area contributed by atoms with E-state index in [2.05, 4.69) is 18.7 Å². The quantitative estimate of drug-likeness (QED) is 0.748. The number of piperidine rings is 1. The first kappa shape index (κ1) is 11.4. The summed E-state index contributed by atoms with van der Waals surface area (Å²) in [6.07, 6.45) is 4.09. The first-order valence-electron chi connectivity index (χ1n) is 6.26. The van der Waals surface area contributed by atoms with Crippen molar-refractivity contribution in [2.45, 2.75) is 44.8 Å². The molecule has 2 saturated heterocycles. The molecule has 0 aromatic heterocycles. The molecule has 0 aromatic carbocycles. The Morgan fingerprint density at radius 2 is 2.27 bits per heavy atom. The summed E-state index contributed by atoms with van der Waals surface area (Å²) in [6.45, 7) is 8.54. The van der Waals surface area contributed by atoms with Crippen LogP contribution in [-0.2, 0) is 4.74 Å². The molecule has 0 radical (unpaired) electrons. The molecule has 2 rings (SSSR count). The molecule has 3 atom stereocenters. The van der Waals surface area contributed by atoms with Gasteiger partial charge in [-0.3, -0.25) is 4.90 Å². The SMILES string of the molecule is CC1CCCN(C2(CN)CCOC2C)C1. The van der Waals surface area contributed by atoms with E-state index in [4.69, 9.17) is 10.5 Å². The molecule has 2 heterocycles. The van der Waals surface area contributed by atoms with Gasteiger partial charge in [-0.25, -0.2) is 0 Å². The Morgan fingerprint density at radius 1 is 1.47 bits per heavy atom. The second kappa shape index (κ2) is 4.40. The highest BCUT2D eigenvalue weighted by molar-refractivity contribution is 5.01. The minimum atomic E-state index is 0.134. The number of likely N-dealkylation sites (tertiary alicyclic amines) is 1. The molecule has 0 bridgehead atoms. The number of hydrogen-bond acceptors (Lipinski definition) is 3. The van der Waals surface area contributed by atoms with E-state index in [0.29, 0.717) is 6.10 Å². The third-order valence-corrected chi connectivity index (χ3v) is 4.30. The predicted molar refractivity (Wildman–Crippen MR) is 61.8 cm³/mol. The van der Waals surface area contributed by atoms with Gasteiger partial charge in [0.1, 0.15) is 0 Å². The van der Waals surface area contributed by atoms with E-state index in [-0.39, 0.29) is 5.54 Å². The summed E-state index contributed by atoms with van der Waals surface area (Å²) in [5, 5.41) is 0. The third-order valence-electron chi connectivity index (χ3n) is 4.30. The van der Waals surface area contributed by atoms with Crippen LogP contribution in [0.4, 0.5) is 0 Å². The lowest BCUT2D eigenvalue weighted by molar-refractivity contribution is -0.00581. The number of nitrogens with two attached hydrogens (primary N) is 1. The van der Waals surface area contributed by atoms with Crippen molar-refractivity contribution in [2.24, 2.45) is 11.7 Å². The monoisotopic (exact) mass is 212 g/mol. The van der Waals surface area contributed by atoms with Gasteiger partial charge in [-0.15, -0.1) is 0 Å². The topological polar surface area (TPSA) is 38.5 Å². The molecule has 0 saturated carbocycles. The van der Waals surface area contributed by atoms with Gasteiger partial charge in [0.15, 0.2) is 0 Å². The Hall–Kier alpha value is -0.120. The lowest BCUT2D eigenvalue weighted by Crippen LogP contribution is -2.60. The highest BCUT2D eigenvalue weighted by atomic mass is 16.5. The Bertz CT molecular complexity index is 222. The largest absolute Gasteiger partial charge is 0.376 e. The fourth-order valence-corrected chi connectivity index (χ4v) is 3.18. The van der Waals surface area contributed by atoms with Crippen LogP contribution in [0.15, 0.2) is 0 Å². The Balaban J connectivity index is 2.11. The summed E-state index contributed by atoms with van der Waals surface area (Å²) in [5.74, 6) is 0.815. The van der Waals surface area contributed by atoms with Crippen LogP contribution in [-0.4, -0.2) is 42.8 Å². The highest BCUT2D eigenvalue weighted by Gasteiger charge is 2.45. The zero-order chi connectivity index (χ0) is 10.9. The molecule has 15 heavy (non-hydrogen) atoms. The van der Waals surface area contributed by atoms with Gasteiger partial charge in [-0.05, 0) is 38.6 Å². The molecule has 2 aliphatic heterocycles. The van der Waals surface area contributed by atoms with Crippen molar-refractivity contribution < 1.29 is 4.74 Å². The van der Waals surface area contributed by atoms with E-state index < -0.39 is 0 Å².